The number of hydrogen-bond donors (Lipinski definition) is 2. The number of halogens is 1. The summed E-state index contributed by atoms with van der Waals surface area (Å²) in [6, 6.07) is 16.5. The molecule has 0 saturated heterocycles. The third-order valence-electron chi connectivity index (χ3n) is 3.87. The predicted molar refractivity (Wildman–Crippen MR) is 91.4 cm³/mol. The number of nitrogens with two attached hydrogens (primary N) is 1. The van der Waals surface area contributed by atoms with Gasteiger partial charge in [-0.25, -0.2) is 0 Å². The maximum atomic E-state index is 10.5. The van der Waals surface area contributed by atoms with E-state index in [0.29, 0.717) is 6.54 Å². The molecule has 3 N–H and O–H groups in total. The molecule has 0 heterocycles. The fourth-order valence-electron chi connectivity index (χ4n) is 2.50. The Morgan fingerprint density at radius 2 is 1.67 bits per heavy atom. The van der Waals surface area contributed by atoms with Crippen LogP contribution in [-0.2, 0) is 6.42 Å². The second-order valence-corrected chi connectivity index (χ2v) is 6.40. The fourth-order valence-corrected chi connectivity index (χ4v) is 2.76. The lowest BCUT2D eigenvalue weighted by molar-refractivity contribution is 0.136. The third kappa shape index (κ3) is 4.67. The molecule has 2 unspecified atom stereocenters. The Labute approximate surface area is 135 Å². The van der Waals surface area contributed by atoms with Crippen molar-refractivity contribution in [1.82, 2.24) is 0 Å². The van der Waals surface area contributed by atoms with E-state index >= 15 is 0 Å². The van der Waals surface area contributed by atoms with Crippen LogP contribution in [0.4, 0.5) is 0 Å². The van der Waals surface area contributed by atoms with Gasteiger partial charge in [-0.05, 0) is 43.0 Å². The lowest BCUT2D eigenvalue weighted by atomic mass is 9.90. The molecule has 0 radical (unpaired) electrons. The first kappa shape index (κ1) is 16.2. The van der Waals surface area contributed by atoms with Crippen LogP contribution >= 0.6 is 15.9 Å². The van der Waals surface area contributed by atoms with Crippen LogP contribution in [0.3, 0.4) is 0 Å². The van der Waals surface area contributed by atoms with Gasteiger partial charge >= 0.3 is 0 Å². The maximum absolute atomic E-state index is 10.5. The van der Waals surface area contributed by atoms with Crippen molar-refractivity contribution in [3.8, 4) is 0 Å². The number of benzene rings is 2. The average molecular weight is 348 g/mol. The SMILES string of the molecule is Cc1ccc(CCC(O)C(CN)c2ccc(Br)cc2)cc1. The lowest BCUT2D eigenvalue weighted by Gasteiger charge is -2.22. The summed E-state index contributed by atoms with van der Waals surface area (Å²) in [7, 11) is 0. The van der Waals surface area contributed by atoms with Crippen molar-refractivity contribution < 1.29 is 5.11 Å². The second kappa shape index (κ2) is 7.74. The lowest BCUT2D eigenvalue weighted by Crippen LogP contribution is -2.26. The Morgan fingerprint density at radius 3 is 2.24 bits per heavy atom. The van der Waals surface area contributed by atoms with Crippen molar-refractivity contribution in [2.75, 3.05) is 6.54 Å². The predicted octanol–water partition coefficient (Wildman–Crippen LogP) is 3.79. The smallest absolute Gasteiger partial charge is 0.0624 e. The van der Waals surface area contributed by atoms with E-state index in [2.05, 4.69) is 47.1 Å². The highest BCUT2D eigenvalue weighted by Crippen LogP contribution is 2.23. The molecule has 0 fully saturated rings. The van der Waals surface area contributed by atoms with E-state index in [0.717, 1.165) is 22.9 Å². The maximum Gasteiger partial charge on any atom is 0.0624 e. The molecule has 21 heavy (non-hydrogen) atoms. The van der Waals surface area contributed by atoms with Crippen molar-refractivity contribution in [2.45, 2.75) is 31.8 Å². The summed E-state index contributed by atoms with van der Waals surface area (Å²) in [5.74, 6) is -0.0106. The minimum absolute atomic E-state index is 0.0106. The molecule has 0 aliphatic heterocycles. The molecule has 2 nitrogen and oxygen atoms in total. The number of aryl methyl sites for hydroxylation is 2. The van der Waals surface area contributed by atoms with E-state index < -0.39 is 6.10 Å². The van der Waals surface area contributed by atoms with Gasteiger partial charge in [0.1, 0.15) is 0 Å². The molecule has 0 aliphatic rings. The number of rotatable bonds is 6. The molecule has 0 bridgehead atoms. The molecule has 0 aliphatic carbocycles. The van der Waals surface area contributed by atoms with Gasteiger partial charge in [0.2, 0.25) is 0 Å². The van der Waals surface area contributed by atoms with E-state index in [-0.39, 0.29) is 5.92 Å². The van der Waals surface area contributed by atoms with Crippen LogP contribution in [0.5, 0.6) is 0 Å². The molecule has 112 valence electrons. The second-order valence-electron chi connectivity index (χ2n) is 5.49. The third-order valence-corrected chi connectivity index (χ3v) is 4.39. The molecule has 3 heteroatoms. The molecule has 0 amide bonds. The summed E-state index contributed by atoms with van der Waals surface area (Å²) < 4.78 is 1.04. The number of aliphatic hydroxyl groups excluding tert-OH is 1. The Morgan fingerprint density at radius 1 is 1.05 bits per heavy atom. The first-order valence-electron chi connectivity index (χ1n) is 7.29. The number of hydrogen-bond acceptors (Lipinski definition) is 2. The van der Waals surface area contributed by atoms with Gasteiger partial charge in [-0.2, -0.15) is 0 Å². The van der Waals surface area contributed by atoms with Crippen LogP contribution in [0, 0.1) is 6.92 Å². The summed E-state index contributed by atoms with van der Waals surface area (Å²) in [5.41, 5.74) is 9.47. The topological polar surface area (TPSA) is 46.2 Å². The highest BCUT2D eigenvalue weighted by Gasteiger charge is 2.19. The summed E-state index contributed by atoms with van der Waals surface area (Å²) in [6.07, 6.45) is 1.17. The molecule has 0 spiro atoms. The van der Waals surface area contributed by atoms with Crippen LogP contribution in [0.2, 0.25) is 0 Å². The van der Waals surface area contributed by atoms with Gasteiger partial charge in [0, 0.05) is 16.9 Å². The first-order chi connectivity index (χ1) is 10.1. The molecule has 0 saturated carbocycles. The largest absolute Gasteiger partial charge is 0.392 e. The summed E-state index contributed by atoms with van der Waals surface area (Å²) in [6.45, 7) is 2.54. The van der Waals surface area contributed by atoms with Gasteiger partial charge in [-0.3, -0.25) is 0 Å². The Bertz CT molecular complexity index is 550. The minimum Gasteiger partial charge on any atom is -0.392 e. The summed E-state index contributed by atoms with van der Waals surface area (Å²) >= 11 is 3.43. The van der Waals surface area contributed by atoms with E-state index in [1.807, 2.05) is 24.3 Å². The molecule has 0 aromatic heterocycles. The standard InChI is InChI=1S/C18H22BrNO/c1-13-2-4-14(5-3-13)6-11-18(21)17(12-20)15-7-9-16(19)10-8-15/h2-5,7-10,17-18,21H,6,11-12,20H2,1H3. The zero-order chi connectivity index (χ0) is 15.2. The Kier molecular flexibility index (Phi) is 5.97. The zero-order valence-electron chi connectivity index (χ0n) is 12.3. The van der Waals surface area contributed by atoms with Gasteiger partial charge in [0.25, 0.3) is 0 Å². The fraction of sp³-hybridized carbons (Fsp3) is 0.333. The van der Waals surface area contributed by atoms with E-state index in [4.69, 9.17) is 5.73 Å². The first-order valence-corrected chi connectivity index (χ1v) is 8.08. The van der Waals surface area contributed by atoms with Gasteiger partial charge in [-0.15, -0.1) is 0 Å². The summed E-state index contributed by atoms with van der Waals surface area (Å²) in [4.78, 5) is 0. The summed E-state index contributed by atoms with van der Waals surface area (Å²) in [5, 5.41) is 10.5. The van der Waals surface area contributed by atoms with Crippen molar-refractivity contribution in [2.24, 2.45) is 5.73 Å². The van der Waals surface area contributed by atoms with Gasteiger partial charge < -0.3 is 10.8 Å². The quantitative estimate of drug-likeness (QED) is 0.834. The van der Waals surface area contributed by atoms with Crippen molar-refractivity contribution in [1.29, 1.82) is 0 Å². The monoisotopic (exact) mass is 347 g/mol. The molecular weight excluding hydrogens is 326 g/mol. The van der Waals surface area contributed by atoms with Gasteiger partial charge in [0.05, 0.1) is 6.10 Å². The highest BCUT2D eigenvalue weighted by atomic mass is 79.9. The van der Waals surface area contributed by atoms with Crippen LogP contribution in [0.25, 0.3) is 0 Å². The van der Waals surface area contributed by atoms with Crippen molar-refractivity contribution in [3.05, 3.63) is 69.7 Å². The van der Waals surface area contributed by atoms with Crippen LogP contribution < -0.4 is 5.73 Å². The van der Waals surface area contributed by atoms with Gasteiger partial charge in [0.15, 0.2) is 0 Å². The Hall–Kier alpha value is -1.16. The zero-order valence-corrected chi connectivity index (χ0v) is 13.9. The van der Waals surface area contributed by atoms with E-state index in [9.17, 15) is 5.11 Å². The highest BCUT2D eigenvalue weighted by molar-refractivity contribution is 9.10. The van der Waals surface area contributed by atoms with Crippen molar-refractivity contribution in [3.63, 3.8) is 0 Å². The van der Waals surface area contributed by atoms with Crippen molar-refractivity contribution >= 4 is 15.9 Å². The van der Waals surface area contributed by atoms with E-state index in [1.165, 1.54) is 11.1 Å². The number of aliphatic hydroxyl groups is 1. The Balaban J connectivity index is 1.98. The van der Waals surface area contributed by atoms with Crippen LogP contribution in [-0.4, -0.2) is 17.8 Å². The molecule has 2 rings (SSSR count). The van der Waals surface area contributed by atoms with Crippen LogP contribution in [0.15, 0.2) is 53.0 Å². The molecule has 2 atom stereocenters. The van der Waals surface area contributed by atoms with E-state index in [1.54, 1.807) is 0 Å². The average Bonchev–Trinajstić information content (AvgIpc) is 2.49. The van der Waals surface area contributed by atoms with Gasteiger partial charge in [-0.1, -0.05) is 57.9 Å². The minimum atomic E-state index is -0.419. The molecule has 2 aromatic carbocycles. The normalized spacial score (nSPS) is 13.9. The molecule has 2 aromatic rings. The molecular formula is C18H22BrNO. The van der Waals surface area contributed by atoms with Crippen LogP contribution in [0.1, 0.15) is 29.0 Å².